The molecule has 1 aromatic heterocycles. The van der Waals surface area contributed by atoms with Gasteiger partial charge in [0.15, 0.2) is 5.13 Å². The molecule has 2 rings (SSSR count). The topological polar surface area (TPSA) is 91.4 Å². The summed E-state index contributed by atoms with van der Waals surface area (Å²) in [4.78, 5) is 43.0. The van der Waals surface area contributed by atoms with Crippen LogP contribution in [0.3, 0.4) is 0 Å². The molecular weight excluding hydrogens is 459 g/mol. The summed E-state index contributed by atoms with van der Waals surface area (Å²) in [5, 5.41) is 8.25. The van der Waals surface area contributed by atoms with Crippen molar-refractivity contribution in [3.8, 4) is 0 Å². The Labute approximate surface area is 196 Å². The second-order valence-corrected chi connectivity index (χ2v) is 9.40. The molecule has 0 atom stereocenters. The van der Waals surface area contributed by atoms with Gasteiger partial charge < -0.3 is 15.5 Å². The van der Waals surface area contributed by atoms with E-state index in [0.717, 1.165) is 0 Å². The highest BCUT2D eigenvalue weighted by molar-refractivity contribution is 7.13. The number of halogens is 2. The lowest BCUT2D eigenvalue weighted by Gasteiger charge is -2.26. The lowest BCUT2D eigenvalue weighted by atomic mass is 10.1. The van der Waals surface area contributed by atoms with Crippen molar-refractivity contribution in [3.63, 3.8) is 0 Å². The standard InChI is InChI=1S/C21H26Cl2N4O3S/c1-12(2)9-24-18(28)8-15-11-31-21(25-15)26-19(29)10-27(13(3)4)20(30)14-5-6-16(22)17(23)7-14/h5-7,11-13H,8-10H2,1-4H3,(H,24,28)(H,25,26,29). The fraction of sp³-hybridized carbons (Fsp3) is 0.429. The Morgan fingerprint density at radius 1 is 1.10 bits per heavy atom. The fourth-order valence-corrected chi connectivity index (χ4v) is 3.61. The summed E-state index contributed by atoms with van der Waals surface area (Å²) in [6, 6.07) is 4.38. The Morgan fingerprint density at radius 3 is 2.42 bits per heavy atom. The summed E-state index contributed by atoms with van der Waals surface area (Å²) in [7, 11) is 0. The van der Waals surface area contributed by atoms with Crippen LogP contribution in [0.1, 0.15) is 43.7 Å². The lowest BCUT2D eigenvalue weighted by molar-refractivity contribution is -0.120. The van der Waals surface area contributed by atoms with Crippen molar-refractivity contribution in [3.05, 3.63) is 44.9 Å². The van der Waals surface area contributed by atoms with Gasteiger partial charge in [0.25, 0.3) is 5.91 Å². The minimum Gasteiger partial charge on any atom is -0.356 e. The number of carbonyl (C=O) groups is 3. The van der Waals surface area contributed by atoms with Gasteiger partial charge in [-0.05, 0) is 38.0 Å². The van der Waals surface area contributed by atoms with E-state index in [-0.39, 0.29) is 41.8 Å². The number of benzene rings is 1. The van der Waals surface area contributed by atoms with Gasteiger partial charge in [0.2, 0.25) is 11.8 Å². The Morgan fingerprint density at radius 2 is 1.81 bits per heavy atom. The molecule has 0 unspecified atom stereocenters. The third-order valence-corrected chi connectivity index (χ3v) is 5.76. The highest BCUT2D eigenvalue weighted by Gasteiger charge is 2.23. The van der Waals surface area contributed by atoms with Crippen molar-refractivity contribution in [1.29, 1.82) is 0 Å². The van der Waals surface area contributed by atoms with E-state index in [0.29, 0.717) is 33.9 Å². The summed E-state index contributed by atoms with van der Waals surface area (Å²) in [5.74, 6) is -0.461. The Hall–Kier alpha value is -2.16. The van der Waals surface area contributed by atoms with Crippen LogP contribution in [0.25, 0.3) is 0 Å². The maximum atomic E-state index is 12.9. The zero-order valence-corrected chi connectivity index (χ0v) is 20.2. The monoisotopic (exact) mass is 484 g/mol. The Kier molecular flexibility index (Phi) is 9.28. The Balaban J connectivity index is 1.98. The molecule has 7 nitrogen and oxygen atoms in total. The second-order valence-electron chi connectivity index (χ2n) is 7.72. The molecule has 0 fully saturated rings. The van der Waals surface area contributed by atoms with E-state index in [9.17, 15) is 14.4 Å². The van der Waals surface area contributed by atoms with Gasteiger partial charge in [0.05, 0.1) is 22.2 Å². The number of hydrogen-bond acceptors (Lipinski definition) is 5. The van der Waals surface area contributed by atoms with Gasteiger partial charge in [-0.1, -0.05) is 37.0 Å². The molecular formula is C21H26Cl2N4O3S. The number of nitrogens with zero attached hydrogens (tertiary/aromatic N) is 2. The Bertz CT molecular complexity index is 946. The van der Waals surface area contributed by atoms with Crippen molar-refractivity contribution in [1.82, 2.24) is 15.2 Å². The van der Waals surface area contributed by atoms with E-state index < -0.39 is 0 Å². The quantitative estimate of drug-likeness (QED) is 0.556. The molecule has 0 aliphatic carbocycles. The van der Waals surface area contributed by atoms with Gasteiger partial charge in [-0.15, -0.1) is 11.3 Å². The van der Waals surface area contributed by atoms with Gasteiger partial charge in [-0.25, -0.2) is 4.98 Å². The number of rotatable bonds is 9. The minimum absolute atomic E-state index is 0.116. The predicted molar refractivity (Wildman–Crippen MR) is 125 cm³/mol. The van der Waals surface area contributed by atoms with E-state index in [1.165, 1.54) is 22.3 Å². The van der Waals surface area contributed by atoms with E-state index in [1.54, 1.807) is 17.5 Å². The van der Waals surface area contributed by atoms with Crippen LogP contribution in [0.2, 0.25) is 10.0 Å². The van der Waals surface area contributed by atoms with Crippen LogP contribution in [0.5, 0.6) is 0 Å². The molecule has 0 bridgehead atoms. The maximum absolute atomic E-state index is 12.9. The highest BCUT2D eigenvalue weighted by atomic mass is 35.5. The third-order valence-electron chi connectivity index (χ3n) is 4.21. The zero-order valence-electron chi connectivity index (χ0n) is 17.9. The summed E-state index contributed by atoms with van der Waals surface area (Å²) in [5.41, 5.74) is 0.925. The van der Waals surface area contributed by atoms with Crippen LogP contribution in [-0.4, -0.2) is 46.7 Å². The SMILES string of the molecule is CC(C)CNC(=O)Cc1csc(NC(=O)CN(C(=O)c2ccc(Cl)c(Cl)c2)C(C)C)n1. The smallest absolute Gasteiger partial charge is 0.254 e. The van der Waals surface area contributed by atoms with E-state index >= 15 is 0 Å². The number of thiazole rings is 1. The molecule has 0 saturated carbocycles. The van der Waals surface area contributed by atoms with Crippen LogP contribution >= 0.6 is 34.5 Å². The molecule has 0 radical (unpaired) electrons. The first-order chi connectivity index (χ1) is 14.6. The molecule has 3 amide bonds. The van der Waals surface area contributed by atoms with Crippen LogP contribution in [0.15, 0.2) is 23.6 Å². The average Bonchev–Trinajstić information content (AvgIpc) is 3.12. The first kappa shape index (κ1) is 25.1. The van der Waals surface area contributed by atoms with E-state index in [1.807, 2.05) is 27.7 Å². The van der Waals surface area contributed by atoms with Crippen molar-refractivity contribution < 1.29 is 14.4 Å². The van der Waals surface area contributed by atoms with Crippen molar-refractivity contribution in [2.24, 2.45) is 5.92 Å². The normalized spacial score (nSPS) is 11.0. The van der Waals surface area contributed by atoms with Crippen LogP contribution in [-0.2, 0) is 16.0 Å². The highest BCUT2D eigenvalue weighted by Crippen LogP contribution is 2.24. The number of aromatic nitrogens is 1. The zero-order chi connectivity index (χ0) is 23.1. The third kappa shape index (κ3) is 7.79. The van der Waals surface area contributed by atoms with Gasteiger partial charge in [0.1, 0.15) is 6.54 Å². The van der Waals surface area contributed by atoms with Crippen LogP contribution < -0.4 is 10.6 Å². The second kappa shape index (κ2) is 11.5. The summed E-state index contributed by atoms with van der Waals surface area (Å²) < 4.78 is 0. The first-order valence-electron chi connectivity index (χ1n) is 9.83. The summed E-state index contributed by atoms with van der Waals surface area (Å²) in [6.45, 7) is 8.12. The van der Waals surface area contributed by atoms with Crippen LogP contribution in [0.4, 0.5) is 5.13 Å². The molecule has 1 aromatic carbocycles. The van der Waals surface area contributed by atoms with Gasteiger partial charge in [-0.3, -0.25) is 14.4 Å². The molecule has 168 valence electrons. The van der Waals surface area contributed by atoms with E-state index in [4.69, 9.17) is 23.2 Å². The van der Waals surface area contributed by atoms with Crippen LogP contribution in [0, 0.1) is 5.92 Å². The molecule has 31 heavy (non-hydrogen) atoms. The van der Waals surface area contributed by atoms with E-state index in [2.05, 4.69) is 15.6 Å². The van der Waals surface area contributed by atoms with Crippen molar-refractivity contribution >= 4 is 57.4 Å². The fourth-order valence-electron chi connectivity index (χ4n) is 2.59. The first-order valence-corrected chi connectivity index (χ1v) is 11.5. The molecule has 0 spiro atoms. The number of carbonyl (C=O) groups excluding carboxylic acids is 3. The molecule has 0 aliphatic rings. The molecule has 1 heterocycles. The average molecular weight is 485 g/mol. The number of nitrogens with one attached hydrogen (secondary N) is 2. The van der Waals surface area contributed by atoms with Crippen molar-refractivity contribution in [2.75, 3.05) is 18.4 Å². The van der Waals surface area contributed by atoms with Gasteiger partial charge in [0, 0.05) is 23.5 Å². The van der Waals surface area contributed by atoms with Crippen molar-refractivity contribution in [2.45, 2.75) is 40.2 Å². The summed E-state index contributed by atoms with van der Waals surface area (Å²) >= 11 is 13.2. The molecule has 0 aliphatic heterocycles. The van der Waals surface area contributed by atoms with Gasteiger partial charge >= 0.3 is 0 Å². The molecule has 0 saturated heterocycles. The largest absolute Gasteiger partial charge is 0.356 e. The number of hydrogen-bond donors (Lipinski definition) is 2. The minimum atomic E-state index is -0.382. The molecule has 10 heteroatoms. The van der Waals surface area contributed by atoms with Gasteiger partial charge in [-0.2, -0.15) is 0 Å². The number of anilines is 1. The lowest BCUT2D eigenvalue weighted by Crippen LogP contribution is -2.42. The summed E-state index contributed by atoms with van der Waals surface area (Å²) in [6.07, 6.45) is 0.146. The molecule has 2 aromatic rings. The predicted octanol–water partition coefficient (Wildman–Crippen LogP) is 4.25. The molecule has 2 N–H and O–H groups in total. The number of amides is 3. The maximum Gasteiger partial charge on any atom is 0.254 e.